The third-order valence-corrected chi connectivity index (χ3v) is 12.2. The van der Waals surface area contributed by atoms with E-state index in [1.54, 1.807) is 5.56 Å². The van der Waals surface area contributed by atoms with Crippen molar-refractivity contribution < 1.29 is 18.9 Å². The Labute approximate surface area is 222 Å². The highest BCUT2D eigenvalue weighted by Gasteiger charge is 2.57. The summed E-state index contributed by atoms with van der Waals surface area (Å²) in [7, 11) is 0. The molecule has 2 aliphatic heterocycles. The van der Waals surface area contributed by atoms with Gasteiger partial charge < -0.3 is 18.9 Å². The van der Waals surface area contributed by atoms with Crippen LogP contribution in [0.2, 0.25) is 0 Å². The molecule has 4 nitrogen and oxygen atoms in total. The number of hydrogen-bond acceptors (Lipinski definition) is 4. The van der Waals surface area contributed by atoms with Crippen LogP contribution in [0.1, 0.15) is 93.7 Å². The zero-order chi connectivity index (χ0) is 24.4. The normalized spacial score (nSPS) is 47.9. The van der Waals surface area contributed by atoms with Crippen LogP contribution in [-0.2, 0) is 20.3 Å². The third kappa shape index (κ3) is 3.67. The summed E-state index contributed by atoms with van der Waals surface area (Å²) in [6, 6.07) is 2.46. The lowest BCUT2D eigenvalue weighted by Crippen LogP contribution is -2.50. The van der Waals surface area contributed by atoms with Gasteiger partial charge in [0.15, 0.2) is 0 Å². The minimum atomic E-state index is 0.235. The van der Waals surface area contributed by atoms with Gasteiger partial charge in [0.05, 0.1) is 13.2 Å². The lowest BCUT2D eigenvalue weighted by atomic mass is 9.46. The fourth-order valence-corrected chi connectivity index (χ4v) is 11.7. The van der Waals surface area contributed by atoms with Crippen LogP contribution in [0.5, 0.6) is 11.5 Å². The molecule has 200 valence electrons. The quantitative estimate of drug-likeness (QED) is 0.380. The summed E-state index contributed by atoms with van der Waals surface area (Å²) in [5, 5.41) is 0. The molecule has 0 amide bonds. The summed E-state index contributed by atoms with van der Waals surface area (Å²) >= 11 is 0. The summed E-state index contributed by atoms with van der Waals surface area (Å²) in [5.41, 5.74) is 5.07. The largest absolute Gasteiger partial charge is 0.490 e. The molecule has 2 saturated heterocycles. The van der Waals surface area contributed by atoms with Gasteiger partial charge in [-0.25, -0.2) is 0 Å². The molecule has 37 heavy (non-hydrogen) atoms. The molecule has 10 fully saturated rings. The summed E-state index contributed by atoms with van der Waals surface area (Å²) in [6.07, 6.45) is 17.6. The average Bonchev–Trinajstić information content (AvgIpc) is 3.75. The number of benzene rings is 1. The van der Waals surface area contributed by atoms with E-state index in [1.165, 1.54) is 93.9 Å². The van der Waals surface area contributed by atoms with Crippen molar-refractivity contribution in [1.82, 2.24) is 0 Å². The third-order valence-electron chi connectivity index (χ3n) is 12.2. The Balaban J connectivity index is 1.23. The van der Waals surface area contributed by atoms with Crippen LogP contribution in [0, 0.1) is 42.4 Å². The van der Waals surface area contributed by atoms with Crippen LogP contribution >= 0.6 is 0 Å². The Kier molecular flexibility index (Phi) is 4.82. The van der Waals surface area contributed by atoms with Crippen molar-refractivity contribution in [3.8, 4) is 11.5 Å². The Morgan fingerprint density at radius 1 is 0.649 bits per heavy atom. The van der Waals surface area contributed by atoms with E-state index in [0.717, 1.165) is 54.5 Å². The minimum absolute atomic E-state index is 0.235. The van der Waals surface area contributed by atoms with Gasteiger partial charge in [0.1, 0.15) is 36.9 Å². The summed E-state index contributed by atoms with van der Waals surface area (Å²) in [5.74, 6) is 7.88. The van der Waals surface area contributed by atoms with Gasteiger partial charge >= 0.3 is 0 Å². The average molecular weight is 505 g/mol. The predicted molar refractivity (Wildman–Crippen MR) is 141 cm³/mol. The van der Waals surface area contributed by atoms with E-state index in [0.29, 0.717) is 18.6 Å². The molecule has 2 unspecified atom stereocenters. The molecule has 1 aromatic carbocycles. The maximum absolute atomic E-state index is 7.08. The molecule has 2 heterocycles. The Morgan fingerprint density at radius 2 is 1.05 bits per heavy atom. The first-order chi connectivity index (χ1) is 18.0. The van der Waals surface area contributed by atoms with Gasteiger partial charge in [0.2, 0.25) is 0 Å². The minimum Gasteiger partial charge on any atom is -0.490 e. The van der Waals surface area contributed by atoms with Crippen molar-refractivity contribution in [2.75, 3.05) is 26.4 Å². The van der Waals surface area contributed by atoms with Gasteiger partial charge in [-0.3, -0.25) is 0 Å². The van der Waals surface area contributed by atoms with Crippen molar-refractivity contribution in [2.45, 2.75) is 107 Å². The number of epoxide rings is 2. The zero-order valence-corrected chi connectivity index (χ0v) is 22.6. The second-order valence-corrected chi connectivity index (χ2v) is 15.2. The number of rotatable bonds is 8. The lowest BCUT2D eigenvalue weighted by Gasteiger charge is -2.59. The van der Waals surface area contributed by atoms with Crippen LogP contribution in [-0.4, -0.2) is 38.6 Å². The first-order valence-electron chi connectivity index (χ1n) is 15.7. The van der Waals surface area contributed by atoms with Crippen LogP contribution in [0.15, 0.2) is 6.07 Å². The standard InChI is InChI=1S/C33H44O4/c1-19-2-28(36-17-26-15-34-26)30(33-12-23-6-24(13-33)8-25(7-23)14-33)31(37-18-27-16-35-27)29(19)32-9-20-3-21(10-32)5-22(4-20)11-32/h2,20-27H,3-18H2,1H3. The number of hydrogen-bond donors (Lipinski definition) is 0. The van der Waals surface area contributed by atoms with Crippen molar-refractivity contribution in [2.24, 2.45) is 35.5 Å². The van der Waals surface area contributed by atoms with Gasteiger partial charge in [0.25, 0.3) is 0 Å². The highest BCUT2D eigenvalue weighted by molar-refractivity contribution is 5.61. The summed E-state index contributed by atoms with van der Waals surface area (Å²) in [4.78, 5) is 0. The van der Waals surface area contributed by atoms with Gasteiger partial charge in [-0.05, 0) is 131 Å². The van der Waals surface area contributed by atoms with Crippen molar-refractivity contribution in [3.63, 3.8) is 0 Å². The van der Waals surface area contributed by atoms with E-state index < -0.39 is 0 Å². The fraction of sp³-hybridized carbons (Fsp3) is 0.818. The Hall–Kier alpha value is -1.26. The molecular formula is C33H44O4. The van der Waals surface area contributed by atoms with Gasteiger partial charge in [-0.2, -0.15) is 0 Å². The maximum atomic E-state index is 7.08. The van der Waals surface area contributed by atoms with Crippen LogP contribution in [0.4, 0.5) is 0 Å². The first kappa shape index (κ1) is 22.5. The smallest absolute Gasteiger partial charge is 0.130 e. The van der Waals surface area contributed by atoms with Gasteiger partial charge in [-0.1, -0.05) is 0 Å². The Bertz CT molecular complexity index is 1030. The zero-order valence-electron chi connectivity index (χ0n) is 22.6. The van der Waals surface area contributed by atoms with E-state index >= 15 is 0 Å². The van der Waals surface area contributed by atoms with E-state index in [-0.39, 0.29) is 17.6 Å². The number of aryl methyl sites for hydroxylation is 1. The van der Waals surface area contributed by atoms with Crippen LogP contribution in [0.25, 0.3) is 0 Å². The molecule has 11 rings (SSSR count). The molecule has 2 atom stereocenters. The monoisotopic (exact) mass is 504 g/mol. The maximum Gasteiger partial charge on any atom is 0.130 e. The molecule has 1 aromatic rings. The molecule has 4 heteroatoms. The number of ether oxygens (including phenoxy) is 4. The summed E-state index contributed by atoms with van der Waals surface area (Å²) < 4.78 is 25.1. The molecule has 0 radical (unpaired) electrons. The molecule has 0 spiro atoms. The summed E-state index contributed by atoms with van der Waals surface area (Å²) in [6.45, 7) is 5.46. The fourth-order valence-electron chi connectivity index (χ4n) is 11.7. The van der Waals surface area contributed by atoms with Crippen molar-refractivity contribution in [1.29, 1.82) is 0 Å². The molecule has 8 aliphatic carbocycles. The van der Waals surface area contributed by atoms with Crippen molar-refractivity contribution >= 4 is 0 Å². The first-order valence-corrected chi connectivity index (χ1v) is 15.7. The van der Waals surface area contributed by atoms with E-state index in [1.807, 2.05) is 0 Å². The lowest BCUT2D eigenvalue weighted by molar-refractivity contribution is -0.0119. The highest BCUT2D eigenvalue weighted by atomic mass is 16.6. The highest BCUT2D eigenvalue weighted by Crippen LogP contribution is 2.67. The van der Waals surface area contributed by atoms with E-state index in [4.69, 9.17) is 18.9 Å². The molecule has 10 aliphatic rings. The molecule has 0 aromatic heterocycles. The Morgan fingerprint density at radius 3 is 1.49 bits per heavy atom. The van der Waals surface area contributed by atoms with Gasteiger partial charge in [-0.15, -0.1) is 0 Å². The molecule has 8 bridgehead atoms. The van der Waals surface area contributed by atoms with Gasteiger partial charge in [0, 0.05) is 22.0 Å². The predicted octanol–water partition coefficient (Wildman–Crippen LogP) is 6.49. The SMILES string of the molecule is Cc1cc(OCC2CO2)c(C23CC4CC(CC(C4)C2)C3)c(OCC2CO2)c1C12CC3CC(CC(C3)C1)C2. The van der Waals surface area contributed by atoms with Crippen LogP contribution < -0.4 is 9.47 Å². The second kappa shape index (κ2) is 7.90. The topological polar surface area (TPSA) is 43.5 Å². The molecule has 0 N–H and O–H groups in total. The molecular weight excluding hydrogens is 460 g/mol. The van der Waals surface area contributed by atoms with Crippen molar-refractivity contribution in [3.05, 3.63) is 22.8 Å². The second-order valence-electron chi connectivity index (χ2n) is 15.2. The van der Waals surface area contributed by atoms with E-state index in [2.05, 4.69) is 13.0 Å². The molecule has 8 saturated carbocycles. The van der Waals surface area contributed by atoms with E-state index in [9.17, 15) is 0 Å². The van der Waals surface area contributed by atoms with Crippen LogP contribution in [0.3, 0.4) is 0 Å².